The first-order valence-corrected chi connectivity index (χ1v) is 7.03. The molecular formula is C15H22N2O2. The Morgan fingerprint density at radius 2 is 2.26 bits per heavy atom. The predicted octanol–water partition coefficient (Wildman–Crippen LogP) is 1.15. The Kier molecular flexibility index (Phi) is 3.48. The highest BCUT2D eigenvalue weighted by atomic mass is 16.5. The number of hydrogen-bond acceptors (Lipinski definition) is 4. The molecule has 3 unspecified atom stereocenters. The molecule has 2 aliphatic heterocycles. The van der Waals surface area contributed by atoms with Crippen LogP contribution < -0.4 is 10.6 Å². The van der Waals surface area contributed by atoms with E-state index in [0.717, 1.165) is 25.3 Å². The van der Waals surface area contributed by atoms with E-state index in [1.807, 2.05) is 19.1 Å². The van der Waals surface area contributed by atoms with Gasteiger partial charge in [-0.2, -0.15) is 0 Å². The molecule has 1 fully saturated rings. The van der Waals surface area contributed by atoms with Crippen LogP contribution >= 0.6 is 0 Å². The molecule has 0 bridgehead atoms. The van der Waals surface area contributed by atoms with Gasteiger partial charge in [0.25, 0.3) is 0 Å². The summed E-state index contributed by atoms with van der Waals surface area (Å²) in [7, 11) is 0. The SMILES string of the molecule is CC(O)(CC1COCCN1)C1Cc2ccccc2N1. The lowest BCUT2D eigenvalue weighted by Crippen LogP contribution is -2.51. The summed E-state index contributed by atoms with van der Waals surface area (Å²) in [5.41, 5.74) is 1.71. The molecule has 0 amide bonds. The van der Waals surface area contributed by atoms with Crippen molar-refractivity contribution < 1.29 is 9.84 Å². The van der Waals surface area contributed by atoms with Crippen LogP contribution in [-0.2, 0) is 11.2 Å². The molecule has 3 N–H and O–H groups in total. The Morgan fingerprint density at radius 3 is 3.00 bits per heavy atom. The predicted molar refractivity (Wildman–Crippen MR) is 75.4 cm³/mol. The Balaban J connectivity index is 1.65. The number of para-hydroxylation sites is 1. The maximum Gasteiger partial charge on any atom is 0.0838 e. The summed E-state index contributed by atoms with van der Waals surface area (Å²) in [6.45, 7) is 4.26. The van der Waals surface area contributed by atoms with E-state index in [0.29, 0.717) is 13.0 Å². The van der Waals surface area contributed by atoms with E-state index in [1.165, 1.54) is 5.56 Å². The highest BCUT2D eigenvalue weighted by Gasteiger charge is 2.38. The summed E-state index contributed by atoms with van der Waals surface area (Å²) in [4.78, 5) is 0. The van der Waals surface area contributed by atoms with E-state index in [9.17, 15) is 5.11 Å². The molecule has 2 heterocycles. The van der Waals surface area contributed by atoms with Crippen molar-refractivity contribution in [1.82, 2.24) is 5.32 Å². The second-order valence-electron chi connectivity index (χ2n) is 5.85. The third-order valence-corrected chi connectivity index (χ3v) is 4.18. The van der Waals surface area contributed by atoms with Crippen LogP contribution in [0.1, 0.15) is 18.9 Å². The molecule has 3 atom stereocenters. The molecule has 0 spiro atoms. The van der Waals surface area contributed by atoms with Gasteiger partial charge in [0.05, 0.1) is 24.9 Å². The molecule has 4 heteroatoms. The average molecular weight is 262 g/mol. The number of ether oxygens (including phenoxy) is 1. The number of anilines is 1. The van der Waals surface area contributed by atoms with Crippen molar-refractivity contribution in [3.8, 4) is 0 Å². The Hall–Kier alpha value is -1.10. The second kappa shape index (κ2) is 5.12. The molecule has 19 heavy (non-hydrogen) atoms. The van der Waals surface area contributed by atoms with Gasteiger partial charge in [0.1, 0.15) is 0 Å². The lowest BCUT2D eigenvalue weighted by Gasteiger charge is -2.35. The van der Waals surface area contributed by atoms with Crippen LogP contribution in [0, 0.1) is 0 Å². The van der Waals surface area contributed by atoms with Gasteiger partial charge in [-0.1, -0.05) is 18.2 Å². The van der Waals surface area contributed by atoms with E-state index < -0.39 is 5.60 Å². The van der Waals surface area contributed by atoms with Crippen LogP contribution in [0.5, 0.6) is 0 Å². The quantitative estimate of drug-likeness (QED) is 0.765. The minimum Gasteiger partial charge on any atom is -0.388 e. The molecule has 1 aromatic carbocycles. The number of nitrogens with one attached hydrogen (secondary N) is 2. The summed E-state index contributed by atoms with van der Waals surface area (Å²) in [6, 6.07) is 8.60. The highest BCUT2D eigenvalue weighted by Crippen LogP contribution is 2.32. The number of morpholine rings is 1. The zero-order valence-electron chi connectivity index (χ0n) is 11.4. The maximum atomic E-state index is 10.8. The molecular weight excluding hydrogens is 240 g/mol. The minimum absolute atomic E-state index is 0.0774. The summed E-state index contributed by atoms with van der Waals surface area (Å²) < 4.78 is 5.46. The van der Waals surface area contributed by atoms with Gasteiger partial charge in [0, 0.05) is 18.3 Å². The molecule has 0 radical (unpaired) electrons. The van der Waals surface area contributed by atoms with Gasteiger partial charge >= 0.3 is 0 Å². The maximum absolute atomic E-state index is 10.8. The second-order valence-corrected chi connectivity index (χ2v) is 5.85. The zero-order valence-corrected chi connectivity index (χ0v) is 11.4. The Morgan fingerprint density at radius 1 is 1.42 bits per heavy atom. The monoisotopic (exact) mass is 262 g/mol. The van der Waals surface area contributed by atoms with Crippen molar-refractivity contribution >= 4 is 5.69 Å². The summed E-state index contributed by atoms with van der Waals surface area (Å²) in [5, 5.41) is 17.6. The van der Waals surface area contributed by atoms with Gasteiger partial charge in [-0.15, -0.1) is 0 Å². The van der Waals surface area contributed by atoms with Gasteiger partial charge in [-0.25, -0.2) is 0 Å². The normalized spacial score (nSPS) is 29.4. The first kappa shape index (κ1) is 12.9. The van der Waals surface area contributed by atoms with E-state index >= 15 is 0 Å². The number of benzene rings is 1. The van der Waals surface area contributed by atoms with E-state index in [-0.39, 0.29) is 12.1 Å². The van der Waals surface area contributed by atoms with Gasteiger partial charge in [-0.3, -0.25) is 0 Å². The van der Waals surface area contributed by atoms with E-state index in [4.69, 9.17) is 4.74 Å². The van der Waals surface area contributed by atoms with Crippen LogP contribution in [0.2, 0.25) is 0 Å². The van der Waals surface area contributed by atoms with Crippen molar-refractivity contribution in [1.29, 1.82) is 0 Å². The molecule has 0 saturated carbocycles. The fourth-order valence-electron chi connectivity index (χ4n) is 3.07. The molecule has 1 aromatic rings. The minimum atomic E-state index is -0.739. The third-order valence-electron chi connectivity index (χ3n) is 4.18. The lowest BCUT2D eigenvalue weighted by atomic mass is 9.87. The average Bonchev–Trinajstić information content (AvgIpc) is 2.84. The largest absolute Gasteiger partial charge is 0.388 e. The molecule has 1 saturated heterocycles. The molecule has 104 valence electrons. The fraction of sp³-hybridized carbons (Fsp3) is 0.600. The highest BCUT2D eigenvalue weighted by molar-refractivity contribution is 5.57. The Labute approximate surface area is 114 Å². The van der Waals surface area contributed by atoms with Gasteiger partial charge in [0.15, 0.2) is 0 Å². The fourth-order valence-corrected chi connectivity index (χ4v) is 3.07. The van der Waals surface area contributed by atoms with Crippen LogP contribution in [-0.4, -0.2) is 42.5 Å². The van der Waals surface area contributed by atoms with E-state index in [1.54, 1.807) is 0 Å². The Bertz CT molecular complexity index is 417. The summed E-state index contributed by atoms with van der Waals surface area (Å²) in [6.07, 6.45) is 1.59. The van der Waals surface area contributed by atoms with Crippen molar-refractivity contribution in [3.05, 3.63) is 29.8 Å². The smallest absolute Gasteiger partial charge is 0.0838 e. The van der Waals surface area contributed by atoms with Crippen molar-refractivity contribution in [2.75, 3.05) is 25.1 Å². The van der Waals surface area contributed by atoms with Crippen molar-refractivity contribution in [3.63, 3.8) is 0 Å². The van der Waals surface area contributed by atoms with Gasteiger partial charge < -0.3 is 20.5 Å². The first-order valence-electron chi connectivity index (χ1n) is 7.03. The van der Waals surface area contributed by atoms with Crippen molar-refractivity contribution in [2.24, 2.45) is 0 Å². The topological polar surface area (TPSA) is 53.5 Å². The molecule has 0 aromatic heterocycles. The third kappa shape index (κ3) is 2.76. The number of fused-ring (bicyclic) bond motifs is 1. The van der Waals surface area contributed by atoms with Crippen LogP contribution in [0.3, 0.4) is 0 Å². The van der Waals surface area contributed by atoms with Crippen LogP contribution in [0.15, 0.2) is 24.3 Å². The lowest BCUT2D eigenvalue weighted by molar-refractivity contribution is -0.00461. The van der Waals surface area contributed by atoms with Crippen LogP contribution in [0.25, 0.3) is 0 Å². The summed E-state index contributed by atoms with van der Waals surface area (Å²) in [5.74, 6) is 0. The molecule has 3 rings (SSSR count). The number of hydrogen-bond donors (Lipinski definition) is 3. The zero-order chi connectivity index (χ0) is 13.3. The first-order chi connectivity index (χ1) is 9.15. The standard InChI is InChI=1S/C15H22N2O2/c1-15(18,9-12-10-19-7-6-16-12)14-8-11-4-2-3-5-13(11)17-14/h2-5,12,14,16-18H,6-10H2,1H3. The van der Waals surface area contributed by atoms with E-state index in [2.05, 4.69) is 22.8 Å². The molecule has 0 aliphatic carbocycles. The summed E-state index contributed by atoms with van der Waals surface area (Å²) >= 11 is 0. The number of aliphatic hydroxyl groups is 1. The van der Waals surface area contributed by atoms with Gasteiger partial charge in [-0.05, 0) is 31.4 Å². The molecule has 2 aliphatic rings. The van der Waals surface area contributed by atoms with Crippen molar-refractivity contribution in [2.45, 2.75) is 37.5 Å². The van der Waals surface area contributed by atoms with Crippen LogP contribution in [0.4, 0.5) is 5.69 Å². The number of rotatable bonds is 3. The molecule has 4 nitrogen and oxygen atoms in total. The van der Waals surface area contributed by atoms with Gasteiger partial charge in [0.2, 0.25) is 0 Å².